The summed E-state index contributed by atoms with van der Waals surface area (Å²) in [6.45, 7) is 0.0316. The number of hydrogen-bond acceptors (Lipinski definition) is 3. The molecule has 3 aromatic rings. The summed E-state index contributed by atoms with van der Waals surface area (Å²) in [6.07, 6.45) is 0. The monoisotopic (exact) mass is 347 g/mol. The van der Waals surface area contributed by atoms with Crippen LogP contribution >= 0.6 is 0 Å². The average molecular weight is 347 g/mol. The molecule has 0 saturated carbocycles. The molecule has 0 aliphatic heterocycles. The quantitative estimate of drug-likeness (QED) is 0.738. The number of ether oxygens (including phenoxy) is 1. The van der Waals surface area contributed by atoms with E-state index in [-0.39, 0.29) is 23.9 Å². The number of furan rings is 1. The summed E-state index contributed by atoms with van der Waals surface area (Å²) in [4.78, 5) is 12.0. The van der Waals surface area contributed by atoms with Crippen molar-refractivity contribution in [3.8, 4) is 5.75 Å². The van der Waals surface area contributed by atoms with Crippen LogP contribution in [0.25, 0.3) is 0 Å². The van der Waals surface area contributed by atoms with Gasteiger partial charge in [0, 0.05) is 6.07 Å². The van der Waals surface area contributed by atoms with Crippen LogP contribution in [0.5, 0.6) is 5.75 Å². The zero-order chi connectivity index (χ0) is 17.8. The van der Waals surface area contributed by atoms with Gasteiger partial charge < -0.3 is 14.5 Å². The molecule has 1 amide bonds. The van der Waals surface area contributed by atoms with Crippen LogP contribution in [-0.4, -0.2) is 5.91 Å². The van der Waals surface area contributed by atoms with Gasteiger partial charge in [-0.15, -0.1) is 0 Å². The van der Waals surface area contributed by atoms with E-state index in [0.717, 1.165) is 12.1 Å². The molecule has 0 fully saturated rings. The van der Waals surface area contributed by atoms with Gasteiger partial charge in [0.1, 0.15) is 35.6 Å². The average Bonchev–Trinajstić information content (AvgIpc) is 3.06. The lowest BCUT2D eigenvalue weighted by atomic mass is 10.3. The van der Waals surface area contributed by atoms with Crippen LogP contribution in [0.2, 0.25) is 0 Å². The topological polar surface area (TPSA) is 51.5 Å². The summed E-state index contributed by atoms with van der Waals surface area (Å²) in [7, 11) is 0. The molecule has 0 bridgehead atoms. The molecule has 25 heavy (non-hydrogen) atoms. The number of carbonyl (C=O) groups excluding carboxylic acids is 1. The van der Waals surface area contributed by atoms with Crippen LogP contribution in [0.4, 0.5) is 18.9 Å². The summed E-state index contributed by atoms with van der Waals surface area (Å²) < 4.78 is 49.9. The summed E-state index contributed by atoms with van der Waals surface area (Å²) in [5.41, 5.74) is -0.160. The van der Waals surface area contributed by atoms with Gasteiger partial charge >= 0.3 is 0 Å². The maximum Gasteiger partial charge on any atom is 0.291 e. The van der Waals surface area contributed by atoms with Gasteiger partial charge in [0.05, 0.1) is 5.69 Å². The third-order valence-corrected chi connectivity index (χ3v) is 3.26. The second-order valence-corrected chi connectivity index (χ2v) is 5.09. The van der Waals surface area contributed by atoms with Crippen LogP contribution in [0.15, 0.2) is 59.0 Å². The van der Waals surface area contributed by atoms with Gasteiger partial charge in [0.25, 0.3) is 5.91 Å². The van der Waals surface area contributed by atoms with Gasteiger partial charge in [-0.25, -0.2) is 13.2 Å². The van der Waals surface area contributed by atoms with Crippen molar-refractivity contribution in [3.05, 3.63) is 83.6 Å². The third kappa shape index (κ3) is 4.20. The molecule has 0 aliphatic carbocycles. The highest BCUT2D eigenvalue weighted by Gasteiger charge is 2.14. The molecule has 0 aliphatic rings. The fourth-order valence-corrected chi connectivity index (χ4v) is 2.04. The van der Waals surface area contributed by atoms with E-state index in [9.17, 15) is 18.0 Å². The molecule has 128 valence electrons. The minimum absolute atomic E-state index is 0.0316. The zero-order valence-electron chi connectivity index (χ0n) is 12.8. The Hall–Kier alpha value is -3.22. The number of nitrogens with one attached hydrogen (secondary N) is 1. The number of benzene rings is 2. The summed E-state index contributed by atoms with van der Waals surface area (Å²) in [6, 6.07) is 11.2. The minimum Gasteiger partial charge on any atom is -0.486 e. The fourth-order valence-electron chi connectivity index (χ4n) is 2.04. The zero-order valence-corrected chi connectivity index (χ0v) is 12.8. The Morgan fingerprint density at radius 2 is 1.68 bits per heavy atom. The van der Waals surface area contributed by atoms with E-state index in [1.165, 1.54) is 36.4 Å². The largest absolute Gasteiger partial charge is 0.486 e. The normalized spacial score (nSPS) is 10.5. The molecule has 1 aromatic heterocycles. The molecule has 4 nitrogen and oxygen atoms in total. The number of halogens is 3. The Morgan fingerprint density at radius 1 is 0.960 bits per heavy atom. The Morgan fingerprint density at radius 3 is 2.40 bits per heavy atom. The number of anilines is 1. The van der Waals surface area contributed by atoms with Crippen molar-refractivity contribution >= 4 is 11.6 Å². The van der Waals surface area contributed by atoms with Crippen LogP contribution in [0, 0.1) is 17.5 Å². The Bertz CT molecular complexity index is 891. The first kappa shape index (κ1) is 16.6. The second-order valence-electron chi connectivity index (χ2n) is 5.09. The van der Waals surface area contributed by atoms with Crippen molar-refractivity contribution in [2.24, 2.45) is 0 Å². The lowest BCUT2D eigenvalue weighted by molar-refractivity contribution is 0.0992. The van der Waals surface area contributed by atoms with Gasteiger partial charge in [0.15, 0.2) is 5.76 Å². The predicted molar refractivity (Wildman–Crippen MR) is 83.8 cm³/mol. The van der Waals surface area contributed by atoms with Crippen LogP contribution in [-0.2, 0) is 6.61 Å². The van der Waals surface area contributed by atoms with Gasteiger partial charge in [-0.05, 0) is 48.5 Å². The molecule has 7 heteroatoms. The van der Waals surface area contributed by atoms with Crippen molar-refractivity contribution in [1.82, 2.24) is 0 Å². The molecule has 1 heterocycles. The lowest BCUT2D eigenvalue weighted by Crippen LogP contribution is -2.12. The first-order valence-electron chi connectivity index (χ1n) is 7.25. The number of hydrogen-bond donors (Lipinski definition) is 1. The number of amides is 1. The summed E-state index contributed by atoms with van der Waals surface area (Å²) >= 11 is 0. The molecule has 0 unspecified atom stereocenters. The Balaban J connectivity index is 1.62. The lowest BCUT2D eigenvalue weighted by Gasteiger charge is -2.05. The van der Waals surface area contributed by atoms with E-state index in [1.807, 2.05) is 0 Å². The molecular formula is C18H12F3NO3. The third-order valence-electron chi connectivity index (χ3n) is 3.26. The number of rotatable bonds is 5. The van der Waals surface area contributed by atoms with Crippen molar-refractivity contribution in [1.29, 1.82) is 0 Å². The highest BCUT2D eigenvalue weighted by molar-refractivity contribution is 6.02. The highest BCUT2D eigenvalue weighted by Crippen LogP contribution is 2.18. The van der Waals surface area contributed by atoms with Crippen LogP contribution in [0.1, 0.15) is 16.3 Å². The number of carbonyl (C=O) groups is 1. The first-order chi connectivity index (χ1) is 12.0. The van der Waals surface area contributed by atoms with Gasteiger partial charge in [0.2, 0.25) is 0 Å². The van der Waals surface area contributed by atoms with Crippen molar-refractivity contribution in [3.63, 3.8) is 0 Å². The maximum absolute atomic E-state index is 13.5. The molecule has 1 N–H and O–H groups in total. The first-order valence-corrected chi connectivity index (χ1v) is 7.25. The van der Waals surface area contributed by atoms with Crippen molar-refractivity contribution in [2.75, 3.05) is 5.32 Å². The Labute approximate surface area is 140 Å². The van der Waals surface area contributed by atoms with E-state index >= 15 is 0 Å². The summed E-state index contributed by atoms with van der Waals surface area (Å²) in [5.74, 6) is -1.95. The van der Waals surface area contributed by atoms with Crippen molar-refractivity contribution < 1.29 is 27.1 Å². The van der Waals surface area contributed by atoms with E-state index in [4.69, 9.17) is 9.15 Å². The molecule has 0 radical (unpaired) electrons. The molecular weight excluding hydrogens is 335 g/mol. The van der Waals surface area contributed by atoms with Gasteiger partial charge in [-0.2, -0.15) is 0 Å². The van der Waals surface area contributed by atoms with Crippen molar-refractivity contribution in [2.45, 2.75) is 6.61 Å². The molecule has 0 spiro atoms. The second kappa shape index (κ2) is 7.12. The van der Waals surface area contributed by atoms with E-state index in [2.05, 4.69) is 5.32 Å². The maximum atomic E-state index is 13.5. The van der Waals surface area contributed by atoms with E-state index < -0.39 is 17.5 Å². The van der Waals surface area contributed by atoms with E-state index in [0.29, 0.717) is 17.6 Å². The SMILES string of the molecule is O=C(Nc1ccc(F)cc1F)c1ccc(COc2ccc(F)cc2)o1. The summed E-state index contributed by atoms with van der Waals surface area (Å²) in [5, 5.41) is 2.29. The highest BCUT2D eigenvalue weighted by atomic mass is 19.1. The van der Waals surface area contributed by atoms with E-state index in [1.54, 1.807) is 0 Å². The Kier molecular flexibility index (Phi) is 4.74. The molecule has 0 saturated heterocycles. The molecule has 3 rings (SSSR count). The smallest absolute Gasteiger partial charge is 0.291 e. The standard InChI is InChI=1S/C18H12F3NO3/c19-11-1-4-13(5-2-11)24-10-14-6-8-17(25-14)18(23)22-16-7-3-12(20)9-15(16)21/h1-9H,10H2,(H,22,23). The van der Waals surface area contributed by atoms with Gasteiger partial charge in [-0.1, -0.05) is 0 Å². The molecule has 2 aromatic carbocycles. The van der Waals surface area contributed by atoms with Gasteiger partial charge in [-0.3, -0.25) is 4.79 Å². The minimum atomic E-state index is -0.889. The molecule has 0 atom stereocenters. The van der Waals surface area contributed by atoms with Crippen LogP contribution in [0.3, 0.4) is 0 Å². The van der Waals surface area contributed by atoms with Crippen LogP contribution < -0.4 is 10.1 Å². The fraction of sp³-hybridized carbons (Fsp3) is 0.0556. The predicted octanol–water partition coefficient (Wildman–Crippen LogP) is 4.53.